The molecule has 4 heterocycles. The highest BCUT2D eigenvalue weighted by molar-refractivity contribution is 7.71. The lowest BCUT2D eigenvalue weighted by molar-refractivity contribution is 1.27. The van der Waals surface area contributed by atoms with Crippen LogP contribution >= 0.6 is 12.2 Å². The fraction of sp³-hybridized carbons (Fsp3) is 0. The van der Waals surface area contributed by atoms with Crippen molar-refractivity contribution in [1.29, 1.82) is 0 Å². The standard InChI is InChI=1S/C14H8N4S/c19-11-4-3-10-12-9(7-16-14(10)17-11)6-8-2-1-5-15-13(8)18-12/h1-7H,(H,15,18). The summed E-state index contributed by atoms with van der Waals surface area (Å²) in [5.74, 6) is 0. The summed E-state index contributed by atoms with van der Waals surface area (Å²) >= 11 is 5.07. The number of hydrogen-bond acceptors (Lipinski definition) is 4. The van der Waals surface area contributed by atoms with Gasteiger partial charge in [0.25, 0.3) is 0 Å². The van der Waals surface area contributed by atoms with Crippen molar-refractivity contribution in [3.05, 3.63) is 47.4 Å². The minimum absolute atomic E-state index is 0.554. The average molecular weight is 264 g/mol. The monoisotopic (exact) mass is 264 g/mol. The molecule has 0 atom stereocenters. The first-order chi connectivity index (χ1) is 9.31. The maximum Gasteiger partial charge on any atom is 0.162 e. The van der Waals surface area contributed by atoms with Crippen LogP contribution in [0, 0.1) is 4.64 Å². The Bertz CT molecular complexity index is 991. The van der Waals surface area contributed by atoms with Crippen LogP contribution in [-0.2, 0) is 0 Å². The van der Waals surface area contributed by atoms with Crippen molar-refractivity contribution < 1.29 is 0 Å². The minimum atomic E-state index is 0.554. The molecule has 0 aliphatic rings. The molecule has 4 nitrogen and oxygen atoms in total. The van der Waals surface area contributed by atoms with Crippen molar-refractivity contribution in [2.75, 3.05) is 0 Å². The van der Waals surface area contributed by atoms with Crippen LogP contribution in [0.4, 0.5) is 0 Å². The van der Waals surface area contributed by atoms with Gasteiger partial charge in [0.1, 0.15) is 10.3 Å². The lowest BCUT2D eigenvalue weighted by Gasteiger charge is -2.04. The molecular formula is C14H8N4S. The molecular weight excluding hydrogens is 256 g/mol. The third kappa shape index (κ3) is 1.59. The maximum absolute atomic E-state index is 5.07. The summed E-state index contributed by atoms with van der Waals surface area (Å²) < 4.78 is 0.554. The zero-order valence-electron chi connectivity index (χ0n) is 9.79. The predicted molar refractivity (Wildman–Crippen MR) is 77.5 cm³/mol. The van der Waals surface area contributed by atoms with Crippen LogP contribution in [0.2, 0.25) is 0 Å². The molecule has 4 rings (SSSR count). The Morgan fingerprint density at radius 1 is 1.05 bits per heavy atom. The number of nitrogens with one attached hydrogen (secondary N) is 1. The fourth-order valence-corrected chi connectivity index (χ4v) is 2.40. The van der Waals surface area contributed by atoms with Crippen molar-refractivity contribution in [3.63, 3.8) is 0 Å². The third-order valence-electron chi connectivity index (χ3n) is 3.13. The Morgan fingerprint density at radius 3 is 2.95 bits per heavy atom. The van der Waals surface area contributed by atoms with Crippen LogP contribution in [0.25, 0.3) is 33.0 Å². The highest BCUT2D eigenvalue weighted by Crippen LogP contribution is 2.23. The zero-order chi connectivity index (χ0) is 12.8. The predicted octanol–water partition coefficient (Wildman–Crippen LogP) is 3.39. The van der Waals surface area contributed by atoms with Crippen LogP contribution in [0.5, 0.6) is 0 Å². The van der Waals surface area contributed by atoms with Crippen molar-refractivity contribution in [1.82, 2.24) is 19.9 Å². The average Bonchev–Trinajstić information content (AvgIpc) is 2.44. The smallest absolute Gasteiger partial charge is 0.162 e. The normalized spacial score (nSPS) is 11.4. The molecule has 4 aromatic heterocycles. The number of aromatic amines is 1. The van der Waals surface area contributed by atoms with E-state index in [1.165, 1.54) is 0 Å². The molecule has 0 spiro atoms. The van der Waals surface area contributed by atoms with Crippen LogP contribution in [-0.4, -0.2) is 19.9 Å². The van der Waals surface area contributed by atoms with Crippen molar-refractivity contribution in [3.8, 4) is 0 Å². The number of fused-ring (bicyclic) bond motifs is 4. The van der Waals surface area contributed by atoms with E-state index in [0.717, 1.165) is 27.3 Å². The van der Waals surface area contributed by atoms with Gasteiger partial charge in [-0.2, -0.15) is 0 Å². The molecule has 90 valence electrons. The molecule has 0 aromatic carbocycles. The highest BCUT2D eigenvalue weighted by Gasteiger charge is 2.05. The van der Waals surface area contributed by atoms with Crippen LogP contribution in [0.15, 0.2) is 42.7 Å². The van der Waals surface area contributed by atoms with Gasteiger partial charge in [-0.25, -0.2) is 15.0 Å². The second-order valence-electron chi connectivity index (χ2n) is 4.32. The molecule has 0 aliphatic carbocycles. The van der Waals surface area contributed by atoms with E-state index < -0.39 is 0 Å². The number of hydrogen-bond donors (Lipinski definition) is 1. The molecule has 4 aromatic rings. The van der Waals surface area contributed by atoms with Crippen LogP contribution in [0.1, 0.15) is 0 Å². The SMILES string of the molecule is S=c1ccc2c(ncc3cc4cccnc4[nH]c32)n1. The summed E-state index contributed by atoms with van der Waals surface area (Å²) in [6, 6.07) is 9.78. The molecule has 1 N–H and O–H groups in total. The molecule has 0 amide bonds. The van der Waals surface area contributed by atoms with E-state index in [1.807, 2.05) is 30.5 Å². The largest absolute Gasteiger partial charge is 0.339 e. The zero-order valence-corrected chi connectivity index (χ0v) is 10.6. The van der Waals surface area contributed by atoms with Crippen molar-refractivity contribution in [2.45, 2.75) is 0 Å². The van der Waals surface area contributed by atoms with E-state index in [9.17, 15) is 0 Å². The molecule has 0 fully saturated rings. The number of H-pyrrole nitrogens is 1. The van der Waals surface area contributed by atoms with Gasteiger partial charge in [-0.3, -0.25) is 0 Å². The van der Waals surface area contributed by atoms with E-state index in [4.69, 9.17) is 12.2 Å². The van der Waals surface area contributed by atoms with Gasteiger partial charge in [-0.15, -0.1) is 0 Å². The summed E-state index contributed by atoms with van der Waals surface area (Å²) in [6.45, 7) is 0. The van der Waals surface area contributed by atoms with Gasteiger partial charge in [0.15, 0.2) is 5.65 Å². The molecule has 0 unspecified atom stereocenters. The number of rotatable bonds is 0. The summed E-state index contributed by atoms with van der Waals surface area (Å²) in [4.78, 5) is 16.3. The number of nitrogens with zero attached hydrogens (tertiary/aromatic N) is 3. The molecule has 0 saturated heterocycles. The minimum Gasteiger partial charge on any atom is -0.339 e. The number of aromatic nitrogens is 4. The van der Waals surface area contributed by atoms with Gasteiger partial charge in [0.2, 0.25) is 0 Å². The third-order valence-corrected chi connectivity index (χ3v) is 3.35. The van der Waals surface area contributed by atoms with Gasteiger partial charge in [-0.05, 0) is 30.3 Å². The molecule has 0 bridgehead atoms. The van der Waals surface area contributed by atoms with Crippen LogP contribution < -0.4 is 0 Å². The molecule has 0 aliphatic heterocycles. The Morgan fingerprint density at radius 2 is 2.00 bits per heavy atom. The lowest BCUT2D eigenvalue weighted by atomic mass is 10.1. The van der Waals surface area contributed by atoms with Gasteiger partial charge in [-0.1, -0.05) is 12.2 Å². The first-order valence-electron chi connectivity index (χ1n) is 5.85. The molecule has 5 heteroatoms. The fourth-order valence-electron chi connectivity index (χ4n) is 2.25. The topological polar surface area (TPSA) is 54.5 Å². The first kappa shape index (κ1) is 10.5. The molecule has 19 heavy (non-hydrogen) atoms. The van der Waals surface area contributed by atoms with E-state index in [2.05, 4.69) is 26.0 Å². The maximum atomic E-state index is 5.07. The summed E-state index contributed by atoms with van der Waals surface area (Å²) in [5.41, 5.74) is 2.50. The van der Waals surface area contributed by atoms with E-state index in [1.54, 1.807) is 6.20 Å². The molecule has 0 saturated carbocycles. The first-order valence-corrected chi connectivity index (χ1v) is 6.26. The quantitative estimate of drug-likeness (QED) is 0.300. The van der Waals surface area contributed by atoms with Gasteiger partial charge < -0.3 is 4.98 Å². The van der Waals surface area contributed by atoms with Gasteiger partial charge in [0, 0.05) is 28.6 Å². The van der Waals surface area contributed by atoms with Gasteiger partial charge >= 0.3 is 0 Å². The summed E-state index contributed by atoms with van der Waals surface area (Å²) in [6.07, 6.45) is 3.58. The Labute approximate surface area is 113 Å². The van der Waals surface area contributed by atoms with Gasteiger partial charge in [0.05, 0.1) is 5.52 Å². The van der Waals surface area contributed by atoms with Crippen LogP contribution in [0.3, 0.4) is 0 Å². The highest BCUT2D eigenvalue weighted by atomic mass is 32.1. The second-order valence-corrected chi connectivity index (χ2v) is 4.74. The van der Waals surface area contributed by atoms with E-state index in [-0.39, 0.29) is 0 Å². The van der Waals surface area contributed by atoms with E-state index >= 15 is 0 Å². The Hall–Kier alpha value is -2.40. The lowest BCUT2D eigenvalue weighted by Crippen LogP contribution is -1.90. The molecule has 0 radical (unpaired) electrons. The van der Waals surface area contributed by atoms with E-state index in [0.29, 0.717) is 10.3 Å². The Balaban J connectivity index is 2.25. The van der Waals surface area contributed by atoms with Crippen molar-refractivity contribution in [2.24, 2.45) is 0 Å². The Kier molecular flexibility index (Phi) is 2.10. The van der Waals surface area contributed by atoms with Crippen molar-refractivity contribution >= 4 is 45.2 Å². The second kappa shape index (κ2) is 3.80. The summed E-state index contributed by atoms with van der Waals surface area (Å²) in [5, 5.41) is 3.05. The summed E-state index contributed by atoms with van der Waals surface area (Å²) in [7, 11) is 0. The number of pyridine rings is 4.